The molecule has 4 heteroatoms. The van der Waals surface area contributed by atoms with Crippen molar-refractivity contribution in [3.05, 3.63) is 0 Å². The van der Waals surface area contributed by atoms with Gasteiger partial charge in [-0.1, -0.05) is 6.92 Å². The third-order valence-corrected chi connectivity index (χ3v) is 2.77. The van der Waals surface area contributed by atoms with Gasteiger partial charge in [-0.3, -0.25) is 0 Å². The number of likely N-dealkylation sites (tertiary alicyclic amines) is 1. The SMILES string of the molecule is CCN1CCC(CNC(=O)N(C)C)C1. The molecule has 1 N–H and O–H groups in total. The average Bonchev–Trinajstić information content (AvgIpc) is 2.61. The minimum atomic E-state index is 0.0138. The Morgan fingerprint density at radius 2 is 2.29 bits per heavy atom. The van der Waals surface area contributed by atoms with Crippen molar-refractivity contribution < 1.29 is 4.79 Å². The highest BCUT2D eigenvalue weighted by molar-refractivity contribution is 5.73. The zero-order chi connectivity index (χ0) is 10.6. The number of nitrogens with zero attached hydrogens (tertiary/aromatic N) is 2. The molecule has 0 saturated carbocycles. The lowest BCUT2D eigenvalue weighted by molar-refractivity contribution is 0.215. The van der Waals surface area contributed by atoms with Gasteiger partial charge in [0.25, 0.3) is 0 Å². The Balaban J connectivity index is 2.17. The summed E-state index contributed by atoms with van der Waals surface area (Å²) in [5.74, 6) is 0.638. The Kier molecular flexibility index (Phi) is 4.20. The van der Waals surface area contributed by atoms with Crippen molar-refractivity contribution in [1.82, 2.24) is 15.1 Å². The van der Waals surface area contributed by atoms with Crippen molar-refractivity contribution in [2.24, 2.45) is 5.92 Å². The molecule has 1 rings (SSSR count). The van der Waals surface area contributed by atoms with Crippen LogP contribution in [0.3, 0.4) is 0 Å². The maximum absolute atomic E-state index is 11.3. The van der Waals surface area contributed by atoms with E-state index in [1.165, 1.54) is 13.0 Å². The molecule has 1 heterocycles. The van der Waals surface area contributed by atoms with Crippen LogP contribution >= 0.6 is 0 Å². The fraction of sp³-hybridized carbons (Fsp3) is 0.900. The van der Waals surface area contributed by atoms with Gasteiger partial charge < -0.3 is 15.1 Å². The van der Waals surface area contributed by atoms with Crippen LogP contribution in [0.1, 0.15) is 13.3 Å². The first-order valence-electron chi connectivity index (χ1n) is 5.31. The minimum absolute atomic E-state index is 0.0138. The zero-order valence-electron chi connectivity index (χ0n) is 9.42. The molecule has 0 spiro atoms. The van der Waals surface area contributed by atoms with Crippen LogP contribution in [0.5, 0.6) is 0 Å². The molecular weight excluding hydrogens is 178 g/mol. The van der Waals surface area contributed by atoms with E-state index >= 15 is 0 Å². The number of hydrogen-bond acceptors (Lipinski definition) is 2. The van der Waals surface area contributed by atoms with Gasteiger partial charge in [0, 0.05) is 27.2 Å². The van der Waals surface area contributed by atoms with E-state index < -0.39 is 0 Å². The van der Waals surface area contributed by atoms with Crippen LogP contribution < -0.4 is 5.32 Å². The molecule has 1 atom stereocenters. The highest BCUT2D eigenvalue weighted by Gasteiger charge is 2.21. The number of carbonyl (C=O) groups is 1. The van der Waals surface area contributed by atoms with Crippen molar-refractivity contribution in [3.8, 4) is 0 Å². The van der Waals surface area contributed by atoms with E-state index in [9.17, 15) is 4.79 Å². The summed E-state index contributed by atoms with van der Waals surface area (Å²) in [4.78, 5) is 15.3. The van der Waals surface area contributed by atoms with Crippen LogP contribution in [0.4, 0.5) is 4.79 Å². The van der Waals surface area contributed by atoms with Gasteiger partial charge in [-0.2, -0.15) is 0 Å². The molecule has 1 unspecified atom stereocenters. The summed E-state index contributed by atoms with van der Waals surface area (Å²) in [6.07, 6.45) is 1.21. The molecule has 82 valence electrons. The molecule has 0 aromatic carbocycles. The minimum Gasteiger partial charge on any atom is -0.338 e. The van der Waals surface area contributed by atoms with Crippen molar-refractivity contribution in [2.45, 2.75) is 13.3 Å². The van der Waals surface area contributed by atoms with Crippen LogP contribution in [0.15, 0.2) is 0 Å². The third kappa shape index (κ3) is 3.18. The third-order valence-electron chi connectivity index (χ3n) is 2.77. The van der Waals surface area contributed by atoms with E-state index in [0.717, 1.165) is 19.6 Å². The fourth-order valence-corrected chi connectivity index (χ4v) is 1.76. The standard InChI is InChI=1S/C10H21N3O/c1-4-13-6-5-9(8-13)7-11-10(14)12(2)3/h9H,4-8H2,1-3H3,(H,11,14). The van der Waals surface area contributed by atoms with Gasteiger partial charge in [-0.15, -0.1) is 0 Å². The molecule has 1 aliphatic rings. The van der Waals surface area contributed by atoms with E-state index in [1.807, 2.05) is 0 Å². The van der Waals surface area contributed by atoms with Gasteiger partial charge in [0.15, 0.2) is 0 Å². The fourth-order valence-electron chi connectivity index (χ4n) is 1.76. The Morgan fingerprint density at radius 3 is 2.79 bits per heavy atom. The number of rotatable bonds is 3. The van der Waals surface area contributed by atoms with Gasteiger partial charge in [-0.25, -0.2) is 4.79 Å². The highest BCUT2D eigenvalue weighted by atomic mass is 16.2. The monoisotopic (exact) mass is 199 g/mol. The first-order valence-corrected chi connectivity index (χ1v) is 5.31. The van der Waals surface area contributed by atoms with Crippen molar-refractivity contribution in [3.63, 3.8) is 0 Å². The molecule has 0 aromatic rings. The van der Waals surface area contributed by atoms with E-state index in [-0.39, 0.29) is 6.03 Å². The number of amides is 2. The first-order chi connectivity index (χ1) is 6.63. The quantitative estimate of drug-likeness (QED) is 0.722. The summed E-state index contributed by atoms with van der Waals surface area (Å²) in [6, 6.07) is 0.0138. The van der Waals surface area contributed by atoms with E-state index in [1.54, 1.807) is 19.0 Å². The van der Waals surface area contributed by atoms with E-state index in [0.29, 0.717) is 5.92 Å². The van der Waals surface area contributed by atoms with Gasteiger partial charge in [-0.05, 0) is 25.4 Å². The Morgan fingerprint density at radius 1 is 1.57 bits per heavy atom. The molecule has 0 aromatic heterocycles. The lowest BCUT2D eigenvalue weighted by atomic mass is 10.1. The predicted molar refractivity (Wildman–Crippen MR) is 57.3 cm³/mol. The second-order valence-corrected chi connectivity index (χ2v) is 4.13. The zero-order valence-corrected chi connectivity index (χ0v) is 9.42. The van der Waals surface area contributed by atoms with E-state index in [4.69, 9.17) is 0 Å². The lowest BCUT2D eigenvalue weighted by Crippen LogP contribution is -2.38. The van der Waals surface area contributed by atoms with Gasteiger partial charge in [0.2, 0.25) is 0 Å². The largest absolute Gasteiger partial charge is 0.338 e. The topological polar surface area (TPSA) is 35.6 Å². The first kappa shape index (κ1) is 11.3. The second kappa shape index (κ2) is 5.20. The normalized spacial score (nSPS) is 22.4. The highest BCUT2D eigenvalue weighted by Crippen LogP contribution is 2.14. The summed E-state index contributed by atoms with van der Waals surface area (Å²) < 4.78 is 0. The van der Waals surface area contributed by atoms with Crippen molar-refractivity contribution in [1.29, 1.82) is 0 Å². The Hall–Kier alpha value is -0.770. The molecule has 1 aliphatic heterocycles. The molecule has 0 radical (unpaired) electrons. The van der Waals surface area contributed by atoms with Crippen molar-refractivity contribution in [2.75, 3.05) is 40.3 Å². The van der Waals surface area contributed by atoms with Gasteiger partial charge >= 0.3 is 6.03 Å². The Bertz CT molecular complexity index is 194. The maximum atomic E-state index is 11.3. The summed E-state index contributed by atoms with van der Waals surface area (Å²) in [5, 5.41) is 2.93. The molecule has 1 saturated heterocycles. The van der Waals surface area contributed by atoms with Crippen LogP contribution in [0.25, 0.3) is 0 Å². The number of carbonyl (C=O) groups excluding carboxylic acids is 1. The summed E-state index contributed by atoms with van der Waals surface area (Å²) >= 11 is 0. The van der Waals surface area contributed by atoms with Crippen LogP contribution in [0.2, 0.25) is 0 Å². The van der Waals surface area contributed by atoms with Crippen LogP contribution in [-0.2, 0) is 0 Å². The molecule has 0 bridgehead atoms. The summed E-state index contributed by atoms with van der Waals surface area (Å²) in [6.45, 7) is 6.43. The maximum Gasteiger partial charge on any atom is 0.316 e. The average molecular weight is 199 g/mol. The molecular formula is C10H21N3O. The number of hydrogen-bond donors (Lipinski definition) is 1. The predicted octanol–water partition coefficient (Wildman–Crippen LogP) is 0.599. The lowest BCUT2D eigenvalue weighted by Gasteiger charge is -2.16. The molecule has 2 amide bonds. The number of nitrogens with one attached hydrogen (secondary N) is 1. The smallest absolute Gasteiger partial charge is 0.316 e. The van der Waals surface area contributed by atoms with Gasteiger partial charge in [0.1, 0.15) is 0 Å². The molecule has 1 fully saturated rings. The molecule has 4 nitrogen and oxygen atoms in total. The number of urea groups is 1. The second-order valence-electron chi connectivity index (χ2n) is 4.13. The van der Waals surface area contributed by atoms with Gasteiger partial charge in [0.05, 0.1) is 0 Å². The molecule has 14 heavy (non-hydrogen) atoms. The van der Waals surface area contributed by atoms with E-state index in [2.05, 4.69) is 17.1 Å². The Labute approximate surface area is 86.2 Å². The summed E-state index contributed by atoms with van der Waals surface area (Å²) in [7, 11) is 3.53. The van der Waals surface area contributed by atoms with Crippen LogP contribution in [-0.4, -0.2) is 56.1 Å². The molecule has 0 aliphatic carbocycles. The summed E-state index contributed by atoms with van der Waals surface area (Å²) in [5.41, 5.74) is 0. The van der Waals surface area contributed by atoms with Crippen LogP contribution in [0, 0.1) is 5.92 Å². The van der Waals surface area contributed by atoms with Crippen molar-refractivity contribution >= 4 is 6.03 Å².